The number of rotatable bonds is 6. The summed E-state index contributed by atoms with van der Waals surface area (Å²) in [4.78, 5) is 20.9. The molecule has 5 heteroatoms. The first-order valence-electron chi connectivity index (χ1n) is 9.73. The van der Waals surface area contributed by atoms with E-state index in [1.807, 2.05) is 61.5 Å². The number of hydrogen-bond acceptors (Lipinski definition) is 4. The van der Waals surface area contributed by atoms with Crippen LogP contribution in [-0.4, -0.2) is 15.8 Å². The standard InChI is InChI=1S/C26H19ClN2O2/c1-18-5-4-7-23-25(18)28-17-29-26(23)31-24-8-3-2-6-20(24)12-16-22(30)15-11-19-9-13-21(27)14-10-19/h2-17H,1H3/b15-11+,16-12+. The molecule has 1 aromatic heterocycles. The number of ether oxygens (including phenoxy) is 1. The van der Waals surface area contributed by atoms with E-state index < -0.39 is 0 Å². The van der Waals surface area contributed by atoms with Crippen LogP contribution >= 0.6 is 11.6 Å². The molecule has 31 heavy (non-hydrogen) atoms. The lowest BCUT2D eigenvalue weighted by Crippen LogP contribution is -1.94. The first kappa shape index (κ1) is 20.5. The molecule has 0 fully saturated rings. The van der Waals surface area contributed by atoms with Gasteiger partial charge in [0.05, 0.1) is 10.9 Å². The molecule has 0 aliphatic rings. The molecule has 0 N–H and O–H groups in total. The van der Waals surface area contributed by atoms with Gasteiger partial charge in [0.15, 0.2) is 5.78 Å². The lowest BCUT2D eigenvalue weighted by Gasteiger charge is -2.10. The van der Waals surface area contributed by atoms with Crippen LogP contribution in [0.1, 0.15) is 16.7 Å². The zero-order valence-electron chi connectivity index (χ0n) is 16.8. The number of aromatic nitrogens is 2. The topological polar surface area (TPSA) is 52.1 Å². The molecule has 0 amide bonds. The van der Waals surface area contributed by atoms with Gasteiger partial charge in [-0.15, -0.1) is 0 Å². The van der Waals surface area contributed by atoms with E-state index in [1.54, 1.807) is 24.3 Å². The number of aryl methyl sites for hydroxylation is 1. The third-order valence-electron chi connectivity index (χ3n) is 4.69. The molecule has 0 spiro atoms. The Labute approximate surface area is 185 Å². The van der Waals surface area contributed by atoms with E-state index in [0.717, 1.165) is 27.6 Å². The number of hydrogen-bond donors (Lipinski definition) is 0. The maximum atomic E-state index is 12.3. The number of carbonyl (C=O) groups excluding carboxylic acids is 1. The van der Waals surface area contributed by atoms with Gasteiger partial charge < -0.3 is 4.74 Å². The van der Waals surface area contributed by atoms with E-state index in [1.165, 1.54) is 18.5 Å². The van der Waals surface area contributed by atoms with Crippen LogP contribution in [0.15, 0.2) is 85.2 Å². The molecule has 4 aromatic rings. The van der Waals surface area contributed by atoms with E-state index >= 15 is 0 Å². The fourth-order valence-corrected chi connectivity index (χ4v) is 3.21. The Bertz CT molecular complexity index is 1290. The molecule has 0 saturated heterocycles. The molecule has 0 aliphatic heterocycles. The SMILES string of the molecule is Cc1cccc2c(Oc3ccccc3/C=C/C(=O)/C=C/c3ccc(Cl)cc3)ncnc12. The fourth-order valence-electron chi connectivity index (χ4n) is 3.09. The summed E-state index contributed by atoms with van der Waals surface area (Å²) in [6, 6.07) is 20.7. The fraction of sp³-hybridized carbons (Fsp3) is 0.0385. The highest BCUT2D eigenvalue weighted by molar-refractivity contribution is 6.30. The van der Waals surface area contributed by atoms with Gasteiger partial charge in [-0.1, -0.05) is 60.1 Å². The Morgan fingerprint density at radius 2 is 1.68 bits per heavy atom. The van der Waals surface area contributed by atoms with Crippen molar-refractivity contribution < 1.29 is 9.53 Å². The van der Waals surface area contributed by atoms with Crippen LogP contribution in [0.4, 0.5) is 0 Å². The van der Waals surface area contributed by atoms with Crippen LogP contribution in [0.2, 0.25) is 5.02 Å². The smallest absolute Gasteiger partial charge is 0.230 e. The van der Waals surface area contributed by atoms with Crippen molar-refractivity contribution >= 4 is 40.4 Å². The first-order chi connectivity index (χ1) is 15.1. The number of fused-ring (bicyclic) bond motifs is 1. The molecule has 3 aromatic carbocycles. The predicted octanol–water partition coefficient (Wildman–Crippen LogP) is 6.68. The van der Waals surface area contributed by atoms with Crippen molar-refractivity contribution in [2.75, 3.05) is 0 Å². The van der Waals surface area contributed by atoms with E-state index in [0.29, 0.717) is 16.7 Å². The second-order valence-electron chi connectivity index (χ2n) is 6.91. The van der Waals surface area contributed by atoms with Gasteiger partial charge in [0.2, 0.25) is 5.88 Å². The normalized spacial score (nSPS) is 11.4. The first-order valence-corrected chi connectivity index (χ1v) is 10.1. The average molecular weight is 427 g/mol. The van der Waals surface area contributed by atoms with Crippen LogP contribution in [0.25, 0.3) is 23.1 Å². The van der Waals surface area contributed by atoms with Crippen molar-refractivity contribution in [2.24, 2.45) is 0 Å². The Morgan fingerprint density at radius 1 is 0.903 bits per heavy atom. The van der Waals surface area contributed by atoms with Crippen molar-refractivity contribution in [2.45, 2.75) is 6.92 Å². The zero-order chi connectivity index (χ0) is 21.6. The maximum Gasteiger partial charge on any atom is 0.230 e. The van der Waals surface area contributed by atoms with E-state index in [4.69, 9.17) is 16.3 Å². The number of benzene rings is 3. The summed E-state index contributed by atoms with van der Waals surface area (Å²) in [7, 11) is 0. The quantitative estimate of drug-likeness (QED) is 0.323. The second-order valence-corrected chi connectivity index (χ2v) is 7.35. The molecule has 0 aliphatic carbocycles. The summed E-state index contributed by atoms with van der Waals surface area (Å²) in [6.45, 7) is 2.00. The summed E-state index contributed by atoms with van der Waals surface area (Å²) < 4.78 is 6.11. The predicted molar refractivity (Wildman–Crippen MR) is 125 cm³/mol. The van der Waals surface area contributed by atoms with Gasteiger partial charge in [0, 0.05) is 10.6 Å². The Kier molecular flexibility index (Phi) is 6.20. The van der Waals surface area contributed by atoms with Crippen LogP contribution in [-0.2, 0) is 4.79 Å². The van der Waals surface area contributed by atoms with Crippen LogP contribution < -0.4 is 4.74 Å². The number of nitrogens with zero attached hydrogens (tertiary/aromatic N) is 2. The molecule has 1 heterocycles. The van der Waals surface area contributed by atoms with Crippen LogP contribution in [0, 0.1) is 6.92 Å². The van der Waals surface area contributed by atoms with Gasteiger partial charge >= 0.3 is 0 Å². The molecule has 0 radical (unpaired) electrons. The van der Waals surface area contributed by atoms with E-state index in [-0.39, 0.29) is 5.78 Å². The minimum atomic E-state index is -0.132. The number of carbonyl (C=O) groups is 1. The summed E-state index contributed by atoms with van der Waals surface area (Å²) in [5.74, 6) is 0.950. The monoisotopic (exact) mass is 426 g/mol. The highest BCUT2D eigenvalue weighted by Gasteiger charge is 2.09. The van der Waals surface area contributed by atoms with Gasteiger partial charge in [-0.3, -0.25) is 4.79 Å². The minimum absolute atomic E-state index is 0.132. The summed E-state index contributed by atoms with van der Waals surface area (Å²) >= 11 is 5.88. The van der Waals surface area contributed by atoms with Crippen LogP contribution in [0.5, 0.6) is 11.6 Å². The van der Waals surface area contributed by atoms with Gasteiger partial charge in [-0.25, -0.2) is 9.97 Å². The molecule has 4 nitrogen and oxygen atoms in total. The Morgan fingerprint density at radius 3 is 2.52 bits per heavy atom. The molecule has 0 atom stereocenters. The number of allylic oxidation sites excluding steroid dienone is 2. The van der Waals surface area contributed by atoms with Crippen molar-refractivity contribution in [1.82, 2.24) is 9.97 Å². The molecular formula is C26H19ClN2O2. The Hall–Kier alpha value is -3.76. The number of halogens is 1. The van der Waals surface area contributed by atoms with Gasteiger partial charge in [-0.05, 0) is 60.5 Å². The number of ketones is 1. The Balaban J connectivity index is 1.55. The lowest BCUT2D eigenvalue weighted by atomic mass is 10.1. The van der Waals surface area contributed by atoms with E-state index in [9.17, 15) is 4.79 Å². The van der Waals surface area contributed by atoms with Gasteiger partial charge in [0.1, 0.15) is 12.1 Å². The molecule has 0 bridgehead atoms. The molecule has 152 valence electrons. The third kappa shape index (κ3) is 5.05. The molecule has 0 unspecified atom stereocenters. The zero-order valence-corrected chi connectivity index (χ0v) is 17.6. The highest BCUT2D eigenvalue weighted by Crippen LogP contribution is 2.30. The molecule has 4 rings (SSSR count). The third-order valence-corrected chi connectivity index (χ3v) is 4.94. The van der Waals surface area contributed by atoms with Crippen molar-refractivity contribution in [1.29, 1.82) is 0 Å². The van der Waals surface area contributed by atoms with E-state index in [2.05, 4.69) is 9.97 Å². The number of para-hydroxylation sites is 2. The molecular weight excluding hydrogens is 408 g/mol. The van der Waals surface area contributed by atoms with Gasteiger partial charge in [0.25, 0.3) is 0 Å². The summed E-state index contributed by atoms with van der Waals surface area (Å²) in [6.07, 6.45) is 8.01. The maximum absolute atomic E-state index is 12.3. The highest BCUT2D eigenvalue weighted by atomic mass is 35.5. The van der Waals surface area contributed by atoms with Crippen molar-refractivity contribution in [3.63, 3.8) is 0 Å². The largest absolute Gasteiger partial charge is 0.438 e. The summed E-state index contributed by atoms with van der Waals surface area (Å²) in [5, 5.41) is 1.50. The van der Waals surface area contributed by atoms with Crippen LogP contribution in [0.3, 0.4) is 0 Å². The van der Waals surface area contributed by atoms with Crippen molar-refractivity contribution in [3.8, 4) is 11.6 Å². The minimum Gasteiger partial charge on any atom is -0.438 e. The average Bonchev–Trinajstić information content (AvgIpc) is 2.79. The summed E-state index contributed by atoms with van der Waals surface area (Å²) in [5.41, 5.74) is 3.58. The van der Waals surface area contributed by atoms with Crippen molar-refractivity contribution in [3.05, 3.63) is 107 Å². The second kappa shape index (κ2) is 9.37. The lowest BCUT2D eigenvalue weighted by molar-refractivity contribution is -0.110. The molecule has 0 saturated carbocycles. The van der Waals surface area contributed by atoms with Gasteiger partial charge in [-0.2, -0.15) is 0 Å².